The number of carbonyl (C=O) groups is 1. The second kappa shape index (κ2) is 7.09. The fourth-order valence-corrected chi connectivity index (χ4v) is 4.02. The molecule has 0 atom stereocenters. The number of rotatable bonds is 3. The van der Waals surface area contributed by atoms with E-state index in [0.717, 1.165) is 18.9 Å². The molecule has 1 aromatic carbocycles. The van der Waals surface area contributed by atoms with Crippen LogP contribution in [0.25, 0.3) is 0 Å². The summed E-state index contributed by atoms with van der Waals surface area (Å²) in [5.74, 6) is -0.294. The number of amides is 1. The van der Waals surface area contributed by atoms with Crippen LogP contribution in [0, 0.1) is 6.92 Å². The highest BCUT2D eigenvalue weighted by molar-refractivity contribution is 8.00. The summed E-state index contributed by atoms with van der Waals surface area (Å²) in [5, 5.41) is 0.466. The van der Waals surface area contributed by atoms with Gasteiger partial charge in [0.1, 0.15) is 5.69 Å². The topological polar surface area (TPSA) is 86.0 Å². The number of benzene rings is 1. The van der Waals surface area contributed by atoms with Gasteiger partial charge in [0.15, 0.2) is 0 Å². The monoisotopic (exact) mass is 345 g/mol. The normalized spacial score (nSPS) is 15.5. The molecule has 1 aliphatic rings. The highest BCUT2D eigenvalue weighted by Crippen LogP contribution is 2.32. The molecule has 1 aromatic heterocycles. The average molecular weight is 345 g/mol. The number of aromatic nitrogens is 2. The second-order valence-corrected chi connectivity index (χ2v) is 7.22. The van der Waals surface area contributed by atoms with E-state index in [4.69, 9.17) is 0 Å². The first-order valence-electron chi connectivity index (χ1n) is 7.88. The molecular formula is C17H19N3O3S. The Morgan fingerprint density at radius 2 is 1.88 bits per heavy atom. The molecule has 6 nitrogen and oxygen atoms in total. The van der Waals surface area contributed by atoms with Gasteiger partial charge in [0, 0.05) is 29.3 Å². The van der Waals surface area contributed by atoms with Crippen LogP contribution in [0.4, 0.5) is 0 Å². The quantitative estimate of drug-likeness (QED) is 0.888. The van der Waals surface area contributed by atoms with Crippen molar-refractivity contribution in [1.82, 2.24) is 14.9 Å². The average Bonchev–Trinajstić information content (AvgIpc) is 2.56. The van der Waals surface area contributed by atoms with Crippen LogP contribution in [0.5, 0.6) is 0 Å². The molecule has 0 bridgehead atoms. The van der Waals surface area contributed by atoms with E-state index in [1.807, 2.05) is 23.9 Å². The summed E-state index contributed by atoms with van der Waals surface area (Å²) >= 11 is 1.85. The van der Waals surface area contributed by atoms with E-state index in [1.54, 1.807) is 4.90 Å². The predicted octanol–water partition coefficient (Wildman–Crippen LogP) is 1.77. The molecule has 0 saturated carbocycles. The lowest BCUT2D eigenvalue weighted by Gasteiger charge is -2.31. The minimum atomic E-state index is -0.657. The molecular weight excluding hydrogens is 326 g/mol. The summed E-state index contributed by atoms with van der Waals surface area (Å²) < 4.78 is 0. The van der Waals surface area contributed by atoms with E-state index in [-0.39, 0.29) is 11.6 Å². The zero-order valence-electron chi connectivity index (χ0n) is 13.4. The zero-order valence-corrected chi connectivity index (χ0v) is 14.2. The third-order valence-electron chi connectivity index (χ3n) is 4.11. The van der Waals surface area contributed by atoms with Crippen LogP contribution >= 0.6 is 11.8 Å². The van der Waals surface area contributed by atoms with Crippen LogP contribution in [-0.4, -0.2) is 39.1 Å². The Balaban J connectivity index is 1.62. The SMILES string of the molecule is Cc1ccccc1SC1CCN(C(=O)c2cc(=O)[nH]c(=O)[nH]2)CC1. The number of piperidine rings is 1. The van der Waals surface area contributed by atoms with Gasteiger partial charge in [-0.3, -0.25) is 14.6 Å². The van der Waals surface area contributed by atoms with Gasteiger partial charge in [-0.2, -0.15) is 0 Å². The molecule has 0 aliphatic carbocycles. The van der Waals surface area contributed by atoms with Crippen LogP contribution in [0.15, 0.2) is 44.8 Å². The third kappa shape index (κ3) is 3.79. The van der Waals surface area contributed by atoms with Gasteiger partial charge >= 0.3 is 5.69 Å². The number of likely N-dealkylation sites (tertiary alicyclic amines) is 1. The molecule has 126 valence electrons. The molecule has 0 radical (unpaired) electrons. The third-order valence-corrected chi connectivity index (χ3v) is 5.62. The Labute approximate surface area is 143 Å². The number of H-pyrrole nitrogens is 2. The van der Waals surface area contributed by atoms with E-state index in [1.165, 1.54) is 10.5 Å². The van der Waals surface area contributed by atoms with Crippen molar-refractivity contribution in [3.63, 3.8) is 0 Å². The highest BCUT2D eigenvalue weighted by atomic mass is 32.2. The Hall–Kier alpha value is -2.28. The predicted molar refractivity (Wildman–Crippen MR) is 93.6 cm³/mol. The molecule has 2 aromatic rings. The van der Waals surface area contributed by atoms with Gasteiger partial charge in [0.25, 0.3) is 11.5 Å². The van der Waals surface area contributed by atoms with Crippen molar-refractivity contribution >= 4 is 17.7 Å². The van der Waals surface area contributed by atoms with Crippen LogP contribution < -0.4 is 11.2 Å². The van der Waals surface area contributed by atoms with Crippen LogP contribution in [-0.2, 0) is 0 Å². The minimum Gasteiger partial charge on any atom is -0.337 e. The largest absolute Gasteiger partial charge is 0.337 e. The Morgan fingerprint density at radius 3 is 2.54 bits per heavy atom. The van der Waals surface area contributed by atoms with Gasteiger partial charge in [-0.15, -0.1) is 11.8 Å². The Morgan fingerprint density at radius 1 is 1.17 bits per heavy atom. The van der Waals surface area contributed by atoms with Gasteiger partial charge < -0.3 is 9.88 Å². The lowest BCUT2D eigenvalue weighted by molar-refractivity contribution is 0.0720. The first-order chi connectivity index (χ1) is 11.5. The van der Waals surface area contributed by atoms with Crippen molar-refractivity contribution in [3.8, 4) is 0 Å². The maximum absolute atomic E-state index is 12.4. The number of aryl methyl sites for hydroxylation is 1. The van der Waals surface area contributed by atoms with Crippen LogP contribution in [0.1, 0.15) is 28.9 Å². The summed E-state index contributed by atoms with van der Waals surface area (Å²) in [7, 11) is 0. The molecule has 0 unspecified atom stereocenters. The molecule has 1 aliphatic heterocycles. The summed E-state index contributed by atoms with van der Waals surface area (Å²) in [4.78, 5) is 42.5. The van der Waals surface area contributed by atoms with Crippen molar-refractivity contribution in [2.45, 2.75) is 29.9 Å². The number of hydrogen-bond acceptors (Lipinski definition) is 4. The fraction of sp³-hybridized carbons (Fsp3) is 0.353. The summed E-state index contributed by atoms with van der Waals surface area (Å²) in [6.07, 6.45) is 1.77. The van der Waals surface area contributed by atoms with Crippen molar-refractivity contribution < 1.29 is 4.79 Å². The van der Waals surface area contributed by atoms with Crippen LogP contribution in [0.3, 0.4) is 0 Å². The maximum Gasteiger partial charge on any atom is 0.326 e. The van der Waals surface area contributed by atoms with E-state index < -0.39 is 11.2 Å². The Bertz CT molecular complexity index is 822. The molecule has 7 heteroatoms. The number of nitrogens with zero attached hydrogens (tertiary/aromatic N) is 1. The maximum atomic E-state index is 12.4. The molecule has 2 heterocycles. The smallest absolute Gasteiger partial charge is 0.326 e. The van der Waals surface area contributed by atoms with Crippen molar-refractivity contribution in [2.24, 2.45) is 0 Å². The van der Waals surface area contributed by atoms with Gasteiger partial charge in [-0.25, -0.2) is 4.79 Å². The fourth-order valence-electron chi connectivity index (χ4n) is 2.80. The summed E-state index contributed by atoms with van der Waals surface area (Å²) in [5.41, 5.74) is 0.0961. The summed E-state index contributed by atoms with van der Waals surface area (Å²) in [6.45, 7) is 3.35. The van der Waals surface area contributed by atoms with Crippen LogP contribution in [0.2, 0.25) is 0 Å². The first kappa shape index (κ1) is 16.6. The van der Waals surface area contributed by atoms with Gasteiger partial charge in [-0.1, -0.05) is 18.2 Å². The lowest BCUT2D eigenvalue weighted by Crippen LogP contribution is -2.41. The molecule has 1 amide bonds. The molecule has 1 saturated heterocycles. The number of nitrogens with one attached hydrogen (secondary N) is 2. The number of aromatic amines is 2. The number of thioether (sulfide) groups is 1. The molecule has 24 heavy (non-hydrogen) atoms. The van der Waals surface area contributed by atoms with Crippen molar-refractivity contribution in [2.75, 3.05) is 13.1 Å². The Kier molecular flexibility index (Phi) is 4.89. The van der Waals surface area contributed by atoms with Gasteiger partial charge in [-0.05, 0) is 31.4 Å². The van der Waals surface area contributed by atoms with E-state index in [2.05, 4.69) is 29.0 Å². The van der Waals surface area contributed by atoms with Crippen molar-refractivity contribution in [1.29, 1.82) is 0 Å². The molecule has 0 spiro atoms. The van der Waals surface area contributed by atoms with Gasteiger partial charge in [0.2, 0.25) is 0 Å². The number of carbonyl (C=O) groups excluding carboxylic acids is 1. The molecule has 1 fully saturated rings. The van der Waals surface area contributed by atoms with E-state index in [9.17, 15) is 14.4 Å². The lowest BCUT2D eigenvalue weighted by atomic mass is 10.1. The second-order valence-electron chi connectivity index (χ2n) is 5.88. The molecule has 3 rings (SSSR count). The van der Waals surface area contributed by atoms with Crippen molar-refractivity contribution in [3.05, 3.63) is 62.4 Å². The van der Waals surface area contributed by atoms with E-state index >= 15 is 0 Å². The standard InChI is InChI=1S/C17H19N3O3S/c1-11-4-2-3-5-14(11)24-12-6-8-20(9-7-12)16(22)13-10-15(21)19-17(23)18-13/h2-5,10,12H,6-9H2,1H3,(H2,18,19,21,23). The number of hydrogen-bond donors (Lipinski definition) is 2. The zero-order chi connectivity index (χ0) is 17.1. The van der Waals surface area contributed by atoms with Gasteiger partial charge in [0.05, 0.1) is 0 Å². The first-order valence-corrected chi connectivity index (χ1v) is 8.76. The highest BCUT2D eigenvalue weighted by Gasteiger charge is 2.25. The minimum absolute atomic E-state index is 0.0498. The summed E-state index contributed by atoms with van der Waals surface area (Å²) in [6, 6.07) is 9.43. The van der Waals surface area contributed by atoms with E-state index in [0.29, 0.717) is 18.3 Å². The molecule has 2 N–H and O–H groups in total.